The van der Waals surface area contributed by atoms with Crippen molar-refractivity contribution in [2.75, 3.05) is 19.6 Å². The number of carbonyl (C=O) groups is 2. The van der Waals surface area contributed by atoms with Crippen molar-refractivity contribution >= 4 is 23.2 Å². The van der Waals surface area contributed by atoms with Crippen LogP contribution in [-0.2, 0) is 17.7 Å². The Bertz CT molecular complexity index is 1610. The Morgan fingerprint density at radius 2 is 1.59 bits per heavy atom. The van der Waals surface area contributed by atoms with Gasteiger partial charge in [-0.05, 0) is 109 Å². The molecule has 46 heavy (non-hydrogen) atoms. The van der Waals surface area contributed by atoms with Gasteiger partial charge in [-0.15, -0.1) is 11.3 Å². The van der Waals surface area contributed by atoms with Crippen molar-refractivity contribution in [3.63, 3.8) is 0 Å². The molecule has 0 saturated heterocycles. The average Bonchev–Trinajstić information content (AvgIpc) is 3.45. The molecule has 244 valence electrons. The number of benzene rings is 3. The number of carbonyl (C=O) groups excluding carboxylic acids is 2. The van der Waals surface area contributed by atoms with Crippen molar-refractivity contribution in [1.82, 2.24) is 10.2 Å². The highest BCUT2D eigenvalue weighted by molar-refractivity contribution is 7.13. The SMILES string of the molecule is CCCN(CCC)C(=O)c1cc(C)cc(C(=O)OC(CNCc2cccc(-c3cc(C)cs3)c2)C(N)Cc2cc(F)cc(F)c2)c1. The summed E-state index contributed by atoms with van der Waals surface area (Å²) in [5.74, 6) is -2.17. The summed E-state index contributed by atoms with van der Waals surface area (Å²) in [4.78, 5) is 29.8. The molecule has 4 aromatic rings. The second-order valence-corrected chi connectivity index (χ2v) is 12.7. The Morgan fingerprint density at radius 1 is 0.891 bits per heavy atom. The number of amides is 1. The van der Waals surface area contributed by atoms with E-state index in [-0.39, 0.29) is 24.4 Å². The van der Waals surface area contributed by atoms with E-state index in [1.165, 1.54) is 22.6 Å². The highest BCUT2D eigenvalue weighted by atomic mass is 32.1. The molecule has 0 bridgehead atoms. The maximum atomic E-state index is 13.9. The molecule has 3 aromatic carbocycles. The molecule has 1 aromatic heterocycles. The van der Waals surface area contributed by atoms with Gasteiger partial charge in [0.2, 0.25) is 0 Å². The maximum Gasteiger partial charge on any atom is 0.338 e. The van der Waals surface area contributed by atoms with Gasteiger partial charge in [0.1, 0.15) is 17.7 Å². The van der Waals surface area contributed by atoms with Gasteiger partial charge < -0.3 is 20.7 Å². The number of halogens is 2. The first kappa shape index (κ1) is 34.9. The lowest BCUT2D eigenvalue weighted by Gasteiger charge is -2.25. The summed E-state index contributed by atoms with van der Waals surface area (Å²) in [6.45, 7) is 9.87. The minimum Gasteiger partial charge on any atom is -0.456 e. The highest BCUT2D eigenvalue weighted by Gasteiger charge is 2.25. The van der Waals surface area contributed by atoms with Crippen LogP contribution in [0.5, 0.6) is 0 Å². The molecule has 2 atom stereocenters. The van der Waals surface area contributed by atoms with Gasteiger partial charge in [-0.2, -0.15) is 0 Å². The molecule has 1 heterocycles. The van der Waals surface area contributed by atoms with Crippen LogP contribution >= 0.6 is 11.3 Å². The molecule has 9 heteroatoms. The molecule has 0 radical (unpaired) electrons. The molecule has 1 amide bonds. The number of hydrogen-bond donors (Lipinski definition) is 2. The molecule has 3 N–H and O–H groups in total. The molecular weight excluding hydrogens is 604 g/mol. The highest BCUT2D eigenvalue weighted by Crippen LogP contribution is 2.27. The zero-order valence-corrected chi connectivity index (χ0v) is 27.8. The second-order valence-electron chi connectivity index (χ2n) is 11.8. The largest absolute Gasteiger partial charge is 0.456 e. The van der Waals surface area contributed by atoms with Crippen molar-refractivity contribution in [3.8, 4) is 10.4 Å². The lowest BCUT2D eigenvalue weighted by Crippen LogP contribution is -2.46. The third-order valence-electron chi connectivity index (χ3n) is 7.58. The fraction of sp³-hybridized carbons (Fsp3) is 0.351. The number of nitrogens with zero attached hydrogens (tertiary/aromatic N) is 1. The van der Waals surface area contributed by atoms with Gasteiger partial charge in [-0.1, -0.05) is 32.0 Å². The van der Waals surface area contributed by atoms with Crippen molar-refractivity contribution in [3.05, 3.63) is 117 Å². The normalized spacial score (nSPS) is 12.5. The van der Waals surface area contributed by atoms with Crippen LogP contribution in [0.4, 0.5) is 8.78 Å². The molecule has 0 aliphatic heterocycles. The zero-order chi connectivity index (χ0) is 33.2. The molecule has 0 fully saturated rings. The molecular formula is C37H43F2N3O3S. The number of esters is 1. The van der Waals surface area contributed by atoms with Gasteiger partial charge in [-0.25, -0.2) is 13.6 Å². The van der Waals surface area contributed by atoms with Crippen molar-refractivity contribution in [2.24, 2.45) is 5.73 Å². The lowest BCUT2D eigenvalue weighted by molar-refractivity contribution is 0.0238. The molecule has 0 saturated carbocycles. The Kier molecular flexibility index (Phi) is 12.6. The van der Waals surface area contributed by atoms with Gasteiger partial charge in [0.05, 0.1) is 5.56 Å². The van der Waals surface area contributed by atoms with Crippen LogP contribution in [0.3, 0.4) is 0 Å². The number of nitrogens with two attached hydrogens (primary N) is 1. The second kappa shape index (κ2) is 16.6. The van der Waals surface area contributed by atoms with Crippen molar-refractivity contribution < 1.29 is 23.1 Å². The molecule has 6 nitrogen and oxygen atoms in total. The van der Waals surface area contributed by atoms with E-state index >= 15 is 0 Å². The van der Waals surface area contributed by atoms with Crippen LogP contribution in [0.1, 0.15) is 69.7 Å². The summed E-state index contributed by atoms with van der Waals surface area (Å²) in [6.07, 6.45) is 0.902. The number of thiophene rings is 1. The Labute approximate surface area is 274 Å². The van der Waals surface area contributed by atoms with Crippen LogP contribution in [0.25, 0.3) is 10.4 Å². The summed E-state index contributed by atoms with van der Waals surface area (Å²) in [7, 11) is 0. The predicted octanol–water partition coefficient (Wildman–Crippen LogP) is 7.46. The van der Waals surface area contributed by atoms with Crippen molar-refractivity contribution in [1.29, 1.82) is 0 Å². The third-order valence-corrected chi connectivity index (χ3v) is 8.68. The van der Waals surface area contributed by atoms with E-state index in [2.05, 4.69) is 35.8 Å². The van der Waals surface area contributed by atoms with Gasteiger partial charge >= 0.3 is 5.97 Å². The molecule has 0 aliphatic carbocycles. The smallest absolute Gasteiger partial charge is 0.338 e. The first-order valence-electron chi connectivity index (χ1n) is 15.7. The monoisotopic (exact) mass is 647 g/mol. The van der Waals surface area contributed by atoms with Crippen LogP contribution in [0.15, 0.2) is 72.1 Å². The number of nitrogens with one attached hydrogen (secondary N) is 1. The summed E-state index contributed by atoms with van der Waals surface area (Å²) in [5.41, 5.74) is 11.7. The standard InChI is InChI=1S/C37H43F2N3O3S/c1-5-10-42(11-6-2)36(43)29-12-24(3)13-30(19-29)37(44)45-34(33(40)18-27-16-31(38)20-32(39)17-27)22-41-21-26-8-7-9-28(15-26)35-14-25(4)23-46-35/h7-9,12-17,19-20,23,33-34,41H,5-6,10-11,18,21-22,40H2,1-4H3. The minimum absolute atomic E-state index is 0.0854. The zero-order valence-electron chi connectivity index (χ0n) is 26.9. The van der Waals surface area contributed by atoms with Gasteiger partial charge in [0.25, 0.3) is 5.91 Å². The third kappa shape index (κ3) is 9.79. The summed E-state index contributed by atoms with van der Waals surface area (Å²) in [5, 5.41) is 5.47. The van der Waals surface area contributed by atoms with Crippen LogP contribution in [-0.4, -0.2) is 48.6 Å². The topological polar surface area (TPSA) is 84.7 Å². The fourth-order valence-corrected chi connectivity index (χ4v) is 6.35. The van der Waals surface area contributed by atoms with E-state index in [4.69, 9.17) is 10.5 Å². The molecule has 4 rings (SSSR count). The van der Waals surface area contributed by atoms with E-state index in [1.54, 1.807) is 34.4 Å². The van der Waals surface area contributed by atoms with E-state index < -0.39 is 29.7 Å². The number of hydrogen-bond acceptors (Lipinski definition) is 6. The summed E-state index contributed by atoms with van der Waals surface area (Å²) >= 11 is 1.69. The maximum absolute atomic E-state index is 13.9. The van der Waals surface area contributed by atoms with Gasteiger partial charge in [0, 0.05) is 48.7 Å². The van der Waals surface area contributed by atoms with Crippen molar-refractivity contribution in [2.45, 2.75) is 65.6 Å². The number of aryl methyl sites for hydroxylation is 2. The first-order valence-corrected chi connectivity index (χ1v) is 16.6. The van der Waals surface area contributed by atoms with E-state index in [9.17, 15) is 18.4 Å². The Hall–Kier alpha value is -3.92. The fourth-order valence-electron chi connectivity index (χ4n) is 5.46. The summed E-state index contributed by atoms with van der Waals surface area (Å²) < 4.78 is 33.9. The Morgan fingerprint density at radius 3 is 2.24 bits per heavy atom. The number of ether oxygens (including phenoxy) is 1. The number of rotatable bonds is 15. The minimum atomic E-state index is -0.835. The predicted molar refractivity (Wildman–Crippen MR) is 181 cm³/mol. The average molecular weight is 648 g/mol. The Balaban J connectivity index is 1.52. The molecule has 0 spiro atoms. The quantitative estimate of drug-likeness (QED) is 0.131. The van der Waals surface area contributed by atoms with Crippen LogP contribution < -0.4 is 11.1 Å². The van der Waals surface area contributed by atoms with Gasteiger partial charge in [-0.3, -0.25) is 4.79 Å². The molecule has 2 unspecified atom stereocenters. The van der Waals surface area contributed by atoms with Crippen LogP contribution in [0.2, 0.25) is 0 Å². The summed E-state index contributed by atoms with van der Waals surface area (Å²) in [6, 6.07) is 17.8. The molecule has 0 aliphatic rings. The van der Waals surface area contributed by atoms with E-state index in [0.29, 0.717) is 30.8 Å². The van der Waals surface area contributed by atoms with E-state index in [1.807, 2.05) is 32.9 Å². The van der Waals surface area contributed by atoms with E-state index in [0.717, 1.165) is 35.6 Å². The van der Waals surface area contributed by atoms with Gasteiger partial charge in [0.15, 0.2) is 0 Å². The van der Waals surface area contributed by atoms with Crippen LogP contribution in [0, 0.1) is 25.5 Å². The first-order chi connectivity index (χ1) is 22.1. The lowest BCUT2D eigenvalue weighted by atomic mass is 10.0.